The molecule has 1 N–H and O–H groups in total. The topological polar surface area (TPSA) is 77.0 Å². The van der Waals surface area contributed by atoms with Gasteiger partial charge >= 0.3 is 5.97 Å². The molecule has 0 atom stereocenters. The number of fused-ring (bicyclic) bond motifs is 1. The Labute approximate surface area is 174 Å². The van der Waals surface area contributed by atoms with Crippen molar-refractivity contribution < 1.29 is 14.3 Å². The summed E-state index contributed by atoms with van der Waals surface area (Å²) in [6, 6.07) is 17.5. The Kier molecular flexibility index (Phi) is 5.23. The summed E-state index contributed by atoms with van der Waals surface area (Å²) >= 11 is 0. The number of hydrogen-bond donors (Lipinski definition) is 1. The molecule has 2 aromatic heterocycles. The average Bonchev–Trinajstić information content (AvgIpc) is 3.21. The smallest absolute Gasteiger partial charge is 0.342 e. The van der Waals surface area contributed by atoms with Crippen molar-refractivity contribution in [3.63, 3.8) is 0 Å². The number of benzene rings is 2. The highest BCUT2D eigenvalue weighted by Gasteiger charge is 2.23. The van der Waals surface area contributed by atoms with Crippen LogP contribution in [0.15, 0.2) is 54.6 Å². The second-order valence-electron chi connectivity index (χ2n) is 7.36. The highest BCUT2D eigenvalue weighted by molar-refractivity contribution is 6.10. The first kappa shape index (κ1) is 19.6. The Morgan fingerprint density at radius 1 is 0.967 bits per heavy atom. The molecule has 6 heteroatoms. The maximum Gasteiger partial charge on any atom is 0.342 e. The number of Topliss-reactive ketones (excluding diaryl/α,β-unsaturated/α-hetero) is 1. The lowest BCUT2D eigenvalue weighted by atomic mass is 10.1. The van der Waals surface area contributed by atoms with Gasteiger partial charge in [-0.15, -0.1) is 0 Å². The minimum Gasteiger partial charge on any atom is -0.454 e. The lowest BCUT2D eigenvalue weighted by molar-refractivity contribution is 0.0473. The van der Waals surface area contributed by atoms with Gasteiger partial charge in [0.25, 0.3) is 0 Å². The van der Waals surface area contributed by atoms with Crippen molar-refractivity contribution in [3.8, 4) is 0 Å². The van der Waals surface area contributed by atoms with Crippen molar-refractivity contribution in [1.29, 1.82) is 0 Å². The molecule has 0 fully saturated rings. The van der Waals surface area contributed by atoms with Crippen LogP contribution in [-0.2, 0) is 11.3 Å². The predicted octanol–water partition coefficient (Wildman–Crippen LogP) is 4.38. The minimum absolute atomic E-state index is 0.231. The quantitative estimate of drug-likeness (QED) is 0.384. The molecule has 0 unspecified atom stereocenters. The van der Waals surface area contributed by atoms with Crippen LogP contribution in [0.3, 0.4) is 0 Å². The number of ketones is 1. The third-order valence-corrected chi connectivity index (χ3v) is 5.27. The molecule has 4 rings (SSSR count). The number of carbonyl (C=O) groups is 2. The molecule has 152 valence electrons. The molecule has 4 aromatic rings. The van der Waals surface area contributed by atoms with Gasteiger partial charge < -0.3 is 9.72 Å². The zero-order valence-corrected chi connectivity index (χ0v) is 17.2. The molecule has 2 heterocycles. The first-order valence-corrected chi connectivity index (χ1v) is 9.81. The summed E-state index contributed by atoms with van der Waals surface area (Å²) in [6.07, 6.45) is 0. The van der Waals surface area contributed by atoms with Crippen LogP contribution >= 0.6 is 0 Å². The Balaban J connectivity index is 1.50. The number of aromatic nitrogens is 3. The lowest BCUT2D eigenvalue weighted by Crippen LogP contribution is -2.16. The molecule has 0 radical (unpaired) electrons. The van der Waals surface area contributed by atoms with E-state index in [-0.39, 0.29) is 12.4 Å². The fourth-order valence-electron chi connectivity index (χ4n) is 3.81. The Hall–Kier alpha value is -3.67. The lowest BCUT2D eigenvalue weighted by Gasteiger charge is -2.07. The van der Waals surface area contributed by atoms with E-state index >= 15 is 0 Å². The molecule has 30 heavy (non-hydrogen) atoms. The van der Waals surface area contributed by atoms with Crippen molar-refractivity contribution in [3.05, 3.63) is 88.4 Å². The number of aryl methyl sites for hydroxylation is 2. The van der Waals surface area contributed by atoms with E-state index in [1.54, 1.807) is 11.6 Å². The Bertz CT molecular complexity index is 1240. The van der Waals surface area contributed by atoms with Crippen molar-refractivity contribution in [2.24, 2.45) is 0 Å². The van der Waals surface area contributed by atoms with Crippen LogP contribution in [0.1, 0.15) is 43.4 Å². The molecule has 0 aliphatic heterocycles. The van der Waals surface area contributed by atoms with Crippen molar-refractivity contribution in [2.45, 2.75) is 27.3 Å². The highest BCUT2D eigenvalue weighted by atomic mass is 16.5. The van der Waals surface area contributed by atoms with Gasteiger partial charge in [0.05, 0.1) is 17.9 Å². The number of ether oxygens (including phenoxy) is 1. The molecule has 0 aliphatic rings. The number of nitrogens with one attached hydrogen (secondary N) is 1. The predicted molar refractivity (Wildman–Crippen MR) is 115 cm³/mol. The molecule has 2 aromatic carbocycles. The largest absolute Gasteiger partial charge is 0.454 e. The summed E-state index contributed by atoms with van der Waals surface area (Å²) in [5, 5.41) is 5.32. The van der Waals surface area contributed by atoms with Crippen LogP contribution in [0, 0.1) is 20.8 Å². The second kappa shape index (κ2) is 7.99. The van der Waals surface area contributed by atoms with Crippen LogP contribution in [-0.4, -0.2) is 33.1 Å². The average molecular weight is 401 g/mol. The van der Waals surface area contributed by atoms with Gasteiger partial charge in [-0.25, -0.2) is 4.79 Å². The van der Waals surface area contributed by atoms with E-state index in [0.29, 0.717) is 23.4 Å². The summed E-state index contributed by atoms with van der Waals surface area (Å²) in [6.45, 7) is 5.71. The normalized spacial score (nSPS) is 11.0. The molecule has 6 nitrogen and oxygen atoms in total. The van der Waals surface area contributed by atoms with Gasteiger partial charge in [0.2, 0.25) is 5.78 Å². The maximum atomic E-state index is 12.8. The van der Waals surface area contributed by atoms with Gasteiger partial charge in [0.15, 0.2) is 6.61 Å². The van der Waals surface area contributed by atoms with E-state index in [0.717, 1.165) is 27.9 Å². The number of para-hydroxylation sites is 1. The van der Waals surface area contributed by atoms with Gasteiger partial charge in [0.1, 0.15) is 5.56 Å². The summed E-state index contributed by atoms with van der Waals surface area (Å²) in [7, 11) is 0. The van der Waals surface area contributed by atoms with Gasteiger partial charge in [-0.1, -0.05) is 48.5 Å². The molecular weight excluding hydrogens is 378 g/mol. The Morgan fingerprint density at radius 2 is 1.67 bits per heavy atom. The zero-order chi connectivity index (χ0) is 21.3. The third-order valence-electron chi connectivity index (χ3n) is 5.27. The SMILES string of the molecule is Cc1nn(Cc2ccccc2)c(C)c1C(=O)OCC(=O)c1c(C)[nH]c2ccccc12. The first-order chi connectivity index (χ1) is 14.5. The molecule has 0 amide bonds. The van der Waals surface area contributed by atoms with E-state index in [1.165, 1.54) is 0 Å². The third kappa shape index (κ3) is 3.64. The van der Waals surface area contributed by atoms with E-state index in [9.17, 15) is 9.59 Å². The van der Waals surface area contributed by atoms with Crippen LogP contribution in [0.4, 0.5) is 0 Å². The first-order valence-electron chi connectivity index (χ1n) is 9.81. The van der Waals surface area contributed by atoms with E-state index in [4.69, 9.17) is 4.74 Å². The van der Waals surface area contributed by atoms with E-state index in [2.05, 4.69) is 10.1 Å². The summed E-state index contributed by atoms with van der Waals surface area (Å²) in [5.74, 6) is -0.763. The standard InChI is InChI=1S/C24H23N3O3/c1-15-23(19-11-7-8-12-20(19)25-15)21(28)14-30-24(29)22-16(2)26-27(17(22)3)13-18-9-5-4-6-10-18/h4-12,25H,13-14H2,1-3H3. The van der Waals surface area contributed by atoms with Gasteiger partial charge in [-0.2, -0.15) is 5.10 Å². The van der Waals surface area contributed by atoms with E-state index < -0.39 is 5.97 Å². The van der Waals surface area contributed by atoms with Crippen molar-refractivity contribution in [1.82, 2.24) is 14.8 Å². The molecule has 0 bridgehead atoms. The number of rotatable bonds is 6. The van der Waals surface area contributed by atoms with Crippen molar-refractivity contribution >= 4 is 22.7 Å². The number of hydrogen-bond acceptors (Lipinski definition) is 4. The van der Waals surface area contributed by atoms with Crippen LogP contribution in [0.5, 0.6) is 0 Å². The second-order valence-corrected chi connectivity index (χ2v) is 7.36. The zero-order valence-electron chi connectivity index (χ0n) is 17.2. The number of esters is 1. The molecule has 0 saturated heterocycles. The van der Waals surface area contributed by atoms with Crippen LogP contribution < -0.4 is 0 Å². The van der Waals surface area contributed by atoms with E-state index in [1.807, 2.05) is 68.4 Å². The number of H-pyrrole nitrogens is 1. The van der Waals surface area contributed by atoms with Crippen LogP contribution in [0.25, 0.3) is 10.9 Å². The fourth-order valence-corrected chi connectivity index (χ4v) is 3.81. The monoisotopic (exact) mass is 401 g/mol. The Morgan fingerprint density at radius 3 is 2.43 bits per heavy atom. The fraction of sp³-hybridized carbons (Fsp3) is 0.208. The number of carbonyl (C=O) groups excluding carboxylic acids is 2. The van der Waals surface area contributed by atoms with Gasteiger partial charge in [-0.3, -0.25) is 9.48 Å². The summed E-state index contributed by atoms with van der Waals surface area (Å²) in [5.41, 5.74) is 5.02. The minimum atomic E-state index is -0.532. The molecular formula is C24H23N3O3. The van der Waals surface area contributed by atoms with Gasteiger partial charge in [0, 0.05) is 22.2 Å². The van der Waals surface area contributed by atoms with Gasteiger partial charge in [-0.05, 0) is 32.4 Å². The van der Waals surface area contributed by atoms with Crippen molar-refractivity contribution in [2.75, 3.05) is 6.61 Å². The highest BCUT2D eigenvalue weighted by Crippen LogP contribution is 2.23. The number of aromatic amines is 1. The number of nitrogens with zero attached hydrogens (tertiary/aromatic N) is 2. The molecule has 0 saturated carbocycles. The summed E-state index contributed by atoms with van der Waals surface area (Å²) in [4.78, 5) is 28.7. The maximum absolute atomic E-state index is 12.8. The van der Waals surface area contributed by atoms with Crippen LogP contribution in [0.2, 0.25) is 0 Å². The molecule has 0 spiro atoms. The molecule has 0 aliphatic carbocycles. The summed E-state index contributed by atoms with van der Waals surface area (Å²) < 4.78 is 7.17.